The van der Waals surface area contributed by atoms with E-state index in [-0.39, 0.29) is 0 Å². The first kappa shape index (κ1) is 13.7. The first-order valence-electron chi connectivity index (χ1n) is 4.87. The molecule has 0 unspecified atom stereocenters. The number of esters is 2. The molecule has 0 fully saturated rings. The summed E-state index contributed by atoms with van der Waals surface area (Å²) >= 11 is 0. The number of carbonyl (C=O) groups excluding carboxylic acids is 2. The third-order valence-corrected chi connectivity index (χ3v) is 2.46. The van der Waals surface area contributed by atoms with Crippen LogP contribution in [0.4, 0.5) is 0 Å². The molecule has 0 aromatic heterocycles. The Morgan fingerprint density at radius 1 is 1.20 bits per heavy atom. The van der Waals surface area contributed by atoms with E-state index in [9.17, 15) is 9.59 Å². The molecule has 4 heteroatoms. The normalized spacial score (nSPS) is 11.5. The topological polar surface area (TPSA) is 52.6 Å². The first-order valence-corrected chi connectivity index (χ1v) is 4.87. The molecule has 86 valence electrons. The summed E-state index contributed by atoms with van der Waals surface area (Å²) in [5.41, 5.74) is -1.20. The zero-order chi connectivity index (χ0) is 11.9. The number of ether oxygens (including phenoxy) is 2. The van der Waals surface area contributed by atoms with Gasteiger partial charge in [-0.2, -0.15) is 0 Å². The third kappa shape index (κ3) is 2.81. The van der Waals surface area contributed by atoms with Gasteiger partial charge in [0, 0.05) is 0 Å². The van der Waals surface area contributed by atoms with Gasteiger partial charge in [0.15, 0.2) is 5.41 Å². The van der Waals surface area contributed by atoms with E-state index in [2.05, 4.69) is 9.47 Å². The predicted molar refractivity (Wildman–Crippen MR) is 56.2 cm³/mol. The molecule has 0 saturated carbocycles. The van der Waals surface area contributed by atoms with Crippen molar-refractivity contribution in [1.29, 1.82) is 0 Å². The highest BCUT2D eigenvalue weighted by molar-refractivity contribution is 6.00. The number of rotatable bonds is 5. The molecule has 0 rings (SSSR count). The van der Waals surface area contributed by atoms with Crippen LogP contribution in [-0.4, -0.2) is 26.2 Å². The van der Waals surface area contributed by atoms with Crippen LogP contribution in [0.1, 0.15) is 26.7 Å². The highest BCUT2D eigenvalue weighted by Gasteiger charge is 2.45. The Hall–Kier alpha value is -1.32. The van der Waals surface area contributed by atoms with E-state index in [0.717, 1.165) is 0 Å². The van der Waals surface area contributed by atoms with E-state index in [4.69, 9.17) is 0 Å². The van der Waals surface area contributed by atoms with E-state index in [0.29, 0.717) is 12.8 Å². The van der Waals surface area contributed by atoms with Crippen molar-refractivity contribution in [2.24, 2.45) is 5.41 Å². The maximum atomic E-state index is 11.6. The van der Waals surface area contributed by atoms with Gasteiger partial charge >= 0.3 is 11.9 Å². The summed E-state index contributed by atoms with van der Waals surface area (Å²) in [7, 11) is 2.54. The van der Waals surface area contributed by atoms with Crippen LogP contribution in [-0.2, 0) is 19.1 Å². The van der Waals surface area contributed by atoms with Gasteiger partial charge in [0.25, 0.3) is 0 Å². The maximum Gasteiger partial charge on any atom is 0.323 e. The molecule has 0 heterocycles. The largest absolute Gasteiger partial charge is 0.468 e. The van der Waals surface area contributed by atoms with Gasteiger partial charge in [-0.1, -0.05) is 19.1 Å². The average Bonchev–Trinajstić information content (AvgIpc) is 2.29. The molecule has 0 amide bonds. The van der Waals surface area contributed by atoms with Crippen LogP contribution < -0.4 is 0 Å². The Balaban J connectivity index is 5.09. The van der Waals surface area contributed by atoms with Gasteiger partial charge in [-0.3, -0.25) is 9.59 Å². The first-order chi connectivity index (χ1) is 7.08. The highest BCUT2D eigenvalue weighted by atomic mass is 16.5. The van der Waals surface area contributed by atoms with Crippen molar-refractivity contribution in [2.75, 3.05) is 14.2 Å². The van der Waals surface area contributed by atoms with E-state index in [1.165, 1.54) is 14.2 Å². The Bertz CT molecular complexity index is 239. The Morgan fingerprint density at radius 2 is 1.67 bits per heavy atom. The molecular weight excluding hydrogens is 196 g/mol. The molecule has 0 aliphatic rings. The van der Waals surface area contributed by atoms with Crippen LogP contribution in [0.15, 0.2) is 12.2 Å². The summed E-state index contributed by atoms with van der Waals surface area (Å²) in [5, 5.41) is 0. The standard InChI is InChI=1S/C11H18O4/c1-5-7-8-11(6-2,9(12)14-3)10(13)15-4/h5,7H,6,8H2,1-4H3/b7-5+. The maximum absolute atomic E-state index is 11.6. The fraction of sp³-hybridized carbons (Fsp3) is 0.636. The summed E-state index contributed by atoms with van der Waals surface area (Å²) in [6.07, 6.45) is 4.21. The monoisotopic (exact) mass is 214 g/mol. The van der Waals surface area contributed by atoms with Crippen LogP contribution in [0, 0.1) is 5.41 Å². The van der Waals surface area contributed by atoms with Gasteiger partial charge in [-0.15, -0.1) is 0 Å². The van der Waals surface area contributed by atoms with Crippen molar-refractivity contribution in [1.82, 2.24) is 0 Å². The molecule has 0 atom stereocenters. The molecule has 0 saturated heterocycles. The van der Waals surface area contributed by atoms with E-state index < -0.39 is 17.4 Å². The van der Waals surface area contributed by atoms with Crippen molar-refractivity contribution in [3.8, 4) is 0 Å². The van der Waals surface area contributed by atoms with Gasteiger partial charge in [0.05, 0.1) is 14.2 Å². The van der Waals surface area contributed by atoms with E-state index in [1.54, 1.807) is 19.1 Å². The van der Waals surface area contributed by atoms with Gasteiger partial charge in [0.2, 0.25) is 0 Å². The van der Waals surface area contributed by atoms with Crippen LogP contribution in [0.3, 0.4) is 0 Å². The smallest absolute Gasteiger partial charge is 0.323 e. The number of hydrogen-bond acceptors (Lipinski definition) is 4. The Labute approximate surface area is 90.2 Å². The lowest BCUT2D eigenvalue weighted by molar-refractivity contribution is -0.169. The lowest BCUT2D eigenvalue weighted by Crippen LogP contribution is -2.40. The summed E-state index contributed by atoms with van der Waals surface area (Å²) in [4.78, 5) is 23.2. The Kier molecular flexibility index (Phi) is 5.67. The quantitative estimate of drug-likeness (QED) is 0.397. The van der Waals surface area contributed by atoms with Crippen molar-refractivity contribution < 1.29 is 19.1 Å². The van der Waals surface area contributed by atoms with Crippen molar-refractivity contribution in [3.63, 3.8) is 0 Å². The fourth-order valence-electron chi connectivity index (χ4n) is 1.39. The van der Waals surface area contributed by atoms with Crippen LogP contribution in [0.2, 0.25) is 0 Å². The molecule has 0 spiro atoms. The van der Waals surface area contributed by atoms with Crippen LogP contribution in [0.5, 0.6) is 0 Å². The predicted octanol–water partition coefficient (Wildman–Crippen LogP) is 1.70. The molecular formula is C11H18O4. The lowest BCUT2D eigenvalue weighted by atomic mass is 9.81. The molecule has 0 aromatic carbocycles. The summed E-state index contributed by atoms with van der Waals surface area (Å²) in [5.74, 6) is -1.09. The summed E-state index contributed by atoms with van der Waals surface area (Å²) < 4.78 is 9.31. The molecule has 15 heavy (non-hydrogen) atoms. The zero-order valence-electron chi connectivity index (χ0n) is 9.70. The zero-order valence-corrected chi connectivity index (χ0v) is 9.70. The van der Waals surface area contributed by atoms with Gasteiger partial charge in [0.1, 0.15) is 0 Å². The number of allylic oxidation sites excluding steroid dienone is 2. The van der Waals surface area contributed by atoms with E-state index in [1.807, 2.05) is 6.92 Å². The molecule has 0 aromatic rings. The summed E-state index contributed by atoms with van der Waals surface area (Å²) in [6.45, 7) is 3.59. The van der Waals surface area contributed by atoms with Gasteiger partial charge < -0.3 is 9.47 Å². The lowest BCUT2D eigenvalue weighted by Gasteiger charge is -2.25. The van der Waals surface area contributed by atoms with Crippen molar-refractivity contribution >= 4 is 11.9 Å². The molecule has 0 bridgehead atoms. The highest BCUT2D eigenvalue weighted by Crippen LogP contribution is 2.30. The molecule has 4 nitrogen and oxygen atoms in total. The average molecular weight is 214 g/mol. The fourth-order valence-corrected chi connectivity index (χ4v) is 1.39. The van der Waals surface area contributed by atoms with Gasteiger partial charge in [-0.05, 0) is 19.8 Å². The minimum absolute atomic E-state index is 0.305. The molecule has 0 N–H and O–H groups in total. The molecule has 0 radical (unpaired) electrons. The number of carbonyl (C=O) groups is 2. The second-order valence-corrected chi connectivity index (χ2v) is 3.19. The van der Waals surface area contributed by atoms with Gasteiger partial charge in [-0.25, -0.2) is 0 Å². The van der Waals surface area contributed by atoms with E-state index >= 15 is 0 Å². The SMILES string of the molecule is C/C=C/CC(CC)(C(=O)OC)C(=O)OC. The number of methoxy groups -OCH3 is 2. The number of hydrogen-bond donors (Lipinski definition) is 0. The summed E-state index contributed by atoms with van der Waals surface area (Å²) in [6, 6.07) is 0. The second-order valence-electron chi connectivity index (χ2n) is 3.19. The minimum atomic E-state index is -1.20. The minimum Gasteiger partial charge on any atom is -0.468 e. The van der Waals surface area contributed by atoms with Crippen molar-refractivity contribution in [2.45, 2.75) is 26.7 Å². The second kappa shape index (κ2) is 6.22. The molecule has 0 aliphatic carbocycles. The van der Waals surface area contributed by atoms with Crippen LogP contribution >= 0.6 is 0 Å². The van der Waals surface area contributed by atoms with Crippen molar-refractivity contribution in [3.05, 3.63) is 12.2 Å². The Morgan fingerprint density at radius 3 is 1.93 bits per heavy atom. The van der Waals surface area contributed by atoms with Crippen LogP contribution in [0.25, 0.3) is 0 Å². The molecule has 0 aliphatic heterocycles. The third-order valence-electron chi connectivity index (χ3n) is 2.46.